The fourth-order valence-corrected chi connectivity index (χ4v) is 4.50. The van der Waals surface area contributed by atoms with Crippen LogP contribution in [0.25, 0.3) is 0 Å². The van der Waals surface area contributed by atoms with Crippen LogP contribution in [0, 0.1) is 0 Å². The fourth-order valence-electron chi connectivity index (χ4n) is 2.94. The van der Waals surface area contributed by atoms with Gasteiger partial charge in [0.05, 0.1) is 4.90 Å². The molecule has 0 saturated carbocycles. The van der Waals surface area contributed by atoms with Gasteiger partial charge in [-0.25, -0.2) is 8.42 Å². The van der Waals surface area contributed by atoms with Gasteiger partial charge in [0, 0.05) is 32.2 Å². The van der Waals surface area contributed by atoms with E-state index in [1.54, 1.807) is 34.5 Å². The Kier molecular flexibility index (Phi) is 6.80. The Balaban J connectivity index is 2.21. The van der Waals surface area contributed by atoms with Gasteiger partial charge in [-0.2, -0.15) is 4.31 Å². The van der Waals surface area contributed by atoms with Gasteiger partial charge in [0.25, 0.3) is 5.91 Å². The number of hydrogen-bond acceptors (Lipinski definition) is 3. The minimum atomic E-state index is -3.52. The molecule has 5 nitrogen and oxygen atoms in total. The highest BCUT2D eigenvalue weighted by Crippen LogP contribution is 2.21. The third kappa shape index (κ3) is 4.57. The zero-order chi connectivity index (χ0) is 17.6. The summed E-state index contributed by atoms with van der Waals surface area (Å²) in [6, 6.07) is 6.45. The Morgan fingerprint density at radius 2 is 1.83 bits per heavy atom. The zero-order valence-electron chi connectivity index (χ0n) is 14.7. The van der Waals surface area contributed by atoms with Gasteiger partial charge >= 0.3 is 0 Å². The normalized spacial score (nSPS) is 16.6. The maximum atomic E-state index is 12.9. The molecule has 1 aromatic carbocycles. The van der Waals surface area contributed by atoms with E-state index in [0.717, 1.165) is 38.5 Å². The molecule has 1 saturated heterocycles. The summed E-state index contributed by atoms with van der Waals surface area (Å²) in [5.41, 5.74) is 0.435. The van der Waals surface area contributed by atoms with Gasteiger partial charge < -0.3 is 4.90 Å². The summed E-state index contributed by atoms with van der Waals surface area (Å²) in [5, 5.41) is 0. The number of hydrogen-bond donors (Lipinski definition) is 0. The van der Waals surface area contributed by atoms with Crippen LogP contribution in [0.15, 0.2) is 29.2 Å². The third-order valence-corrected chi connectivity index (χ3v) is 6.37. The topological polar surface area (TPSA) is 57.7 Å². The van der Waals surface area contributed by atoms with Crippen LogP contribution >= 0.6 is 0 Å². The SMILES string of the molecule is CCCCN(C)C(=O)c1cccc(S(=O)(=O)N2CCCCCC2)c1. The molecule has 0 spiro atoms. The maximum absolute atomic E-state index is 12.9. The molecule has 0 atom stereocenters. The highest BCUT2D eigenvalue weighted by atomic mass is 32.2. The van der Waals surface area contributed by atoms with Crippen molar-refractivity contribution in [3.05, 3.63) is 29.8 Å². The molecule has 0 N–H and O–H groups in total. The monoisotopic (exact) mass is 352 g/mol. The lowest BCUT2D eigenvalue weighted by molar-refractivity contribution is 0.0793. The summed E-state index contributed by atoms with van der Waals surface area (Å²) in [6.07, 6.45) is 5.91. The molecule has 0 unspecified atom stereocenters. The molecule has 6 heteroatoms. The molecule has 1 aromatic rings. The van der Waals surface area contributed by atoms with Crippen LogP contribution < -0.4 is 0 Å². The number of amides is 1. The van der Waals surface area contributed by atoms with Crippen LogP contribution in [-0.2, 0) is 10.0 Å². The minimum absolute atomic E-state index is 0.128. The van der Waals surface area contributed by atoms with Gasteiger partial charge in [-0.3, -0.25) is 4.79 Å². The van der Waals surface area contributed by atoms with Gasteiger partial charge in [-0.05, 0) is 37.5 Å². The largest absolute Gasteiger partial charge is 0.342 e. The van der Waals surface area contributed by atoms with E-state index in [1.807, 2.05) is 0 Å². The molecular weight excluding hydrogens is 324 g/mol. The van der Waals surface area contributed by atoms with E-state index in [2.05, 4.69) is 6.92 Å². The van der Waals surface area contributed by atoms with Gasteiger partial charge in [0.15, 0.2) is 0 Å². The van der Waals surface area contributed by atoms with Crippen molar-refractivity contribution in [3.63, 3.8) is 0 Å². The van der Waals surface area contributed by atoms with E-state index in [1.165, 1.54) is 6.07 Å². The average molecular weight is 353 g/mol. The summed E-state index contributed by atoms with van der Waals surface area (Å²) in [6.45, 7) is 3.89. The van der Waals surface area contributed by atoms with Crippen LogP contribution in [0.1, 0.15) is 55.8 Å². The number of nitrogens with zero attached hydrogens (tertiary/aromatic N) is 2. The van der Waals surface area contributed by atoms with E-state index in [0.29, 0.717) is 25.2 Å². The Morgan fingerprint density at radius 1 is 1.17 bits per heavy atom. The lowest BCUT2D eigenvalue weighted by Crippen LogP contribution is -2.32. The quantitative estimate of drug-likeness (QED) is 0.790. The van der Waals surface area contributed by atoms with E-state index in [-0.39, 0.29) is 10.8 Å². The Morgan fingerprint density at radius 3 is 2.46 bits per heavy atom. The molecule has 0 radical (unpaired) electrons. The Hall–Kier alpha value is -1.40. The summed E-state index contributed by atoms with van der Waals surface area (Å²) >= 11 is 0. The summed E-state index contributed by atoms with van der Waals surface area (Å²) < 4.78 is 27.3. The van der Waals surface area contributed by atoms with E-state index >= 15 is 0 Å². The highest BCUT2D eigenvalue weighted by molar-refractivity contribution is 7.89. The smallest absolute Gasteiger partial charge is 0.253 e. The predicted molar refractivity (Wildman–Crippen MR) is 95.5 cm³/mol. The van der Waals surface area contributed by atoms with Crippen molar-refractivity contribution < 1.29 is 13.2 Å². The molecule has 0 aliphatic carbocycles. The number of unbranched alkanes of at least 4 members (excludes halogenated alkanes) is 1. The van der Waals surface area contributed by atoms with Crippen LogP contribution in [0.2, 0.25) is 0 Å². The van der Waals surface area contributed by atoms with Gasteiger partial charge in [-0.15, -0.1) is 0 Å². The summed E-state index contributed by atoms with van der Waals surface area (Å²) in [4.78, 5) is 14.4. The molecule has 1 amide bonds. The van der Waals surface area contributed by atoms with Crippen LogP contribution in [0.5, 0.6) is 0 Å². The third-order valence-electron chi connectivity index (χ3n) is 4.48. The first kappa shape index (κ1) is 18.9. The van der Waals surface area contributed by atoms with Crippen molar-refractivity contribution in [1.82, 2.24) is 9.21 Å². The van der Waals surface area contributed by atoms with Gasteiger partial charge in [-0.1, -0.05) is 32.3 Å². The first-order chi connectivity index (χ1) is 11.5. The van der Waals surface area contributed by atoms with Crippen molar-refractivity contribution in [3.8, 4) is 0 Å². The molecule has 0 aromatic heterocycles. The van der Waals surface area contributed by atoms with Crippen molar-refractivity contribution in [2.45, 2.75) is 50.3 Å². The first-order valence-electron chi connectivity index (χ1n) is 8.82. The molecule has 0 bridgehead atoms. The second kappa shape index (κ2) is 8.62. The lowest BCUT2D eigenvalue weighted by Gasteiger charge is -2.21. The minimum Gasteiger partial charge on any atom is -0.342 e. The predicted octanol–water partition coefficient (Wildman–Crippen LogP) is 3.12. The fraction of sp³-hybridized carbons (Fsp3) is 0.611. The molecule has 24 heavy (non-hydrogen) atoms. The van der Waals surface area contributed by atoms with E-state index < -0.39 is 10.0 Å². The maximum Gasteiger partial charge on any atom is 0.253 e. The average Bonchev–Trinajstić information content (AvgIpc) is 2.89. The number of carbonyl (C=O) groups excluding carboxylic acids is 1. The van der Waals surface area contributed by atoms with Gasteiger partial charge in [0.2, 0.25) is 10.0 Å². The van der Waals surface area contributed by atoms with Crippen molar-refractivity contribution in [2.75, 3.05) is 26.7 Å². The Bertz CT molecular complexity index is 650. The number of sulfonamides is 1. The summed E-state index contributed by atoms with van der Waals surface area (Å²) in [5.74, 6) is -0.128. The molecular formula is C18H28N2O3S. The highest BCUT2D eigenvalue weighted by Gasteiger charge is 2.26. The van der Waals surface area contributed by atoms with Crippen LogP contribution in [0.3, 0.4) is 0 Å². The lowest BCUT2D eigenvalue weighted by atomic mass is 10.2. The standard InChI is InChI=1S/C18H28N2O3S/c1-3-4-12-19(2)18(21)16-10-9-11-17(15-16)24(22,23)20-13-7-5-6-8-14-20/h9-11,15H,3-8,12-14H2,1-2H3. The van der Waals surface area contributed by atoms with Crippen LogP contribution in [0.4, 0.5) is 0 Å². The van der Waals surface area contributed by atoms with Crippen molar-refractivity contribution >= 4 is 15.9 Å². The molecule has 1 heterocycles. The molecule has 1 fully saturated rings. The van der Waals surface area contributed by atoms with Crippen LogP contribution in [-0.4, -0.2) is 50.2 Å². The number of benzene rings is 1. The number of carbonyl (C=O) groups is 1. The number of rotatable bonds is 6. The first-order valence-corrected chi connectivity index (χ1v) is 10.3. The second-order valence-corrected chi connectivity index (χ2v) is 8.36. The summed E-state index contributed by atoms with van der Waals surface area (Å²) in [7, 11) is -1.76. The Labute approximate surface area is 145 Å². The second-order valence-electron chi connectivity index (χ2n) is 6.43. The molecule has 134 valence electrons. The van der Waals surface area contributed by atoms with E-state index in [4.69, 9.17) is 0 Å². The van der Waals surface area contributed by atoms with Gasteiger partial charge in [0.1, 0.15) is 0 Å². The van der Waals surface area contributed by atoms with E-state index in [9.17, 15) is 13.2 Å². The molecule has 2 rings (SSSR count). The van der Waals surface area contributed by atoms with Crippen molar-refractivity contribution in [2.24, 2.45) is 0 Å². The molecule has 1 aliphatic rings. The van der Waals surface area contributed by atoms with Crippen molar-refractivity contribution in [1.29, 1.82) is 0 Å². The molecule has 1 aliphatic heterocycles. The zero-order valence-corrected chi connectivity index (χ0v) is 15.5.